The van der Waals surface area contributed by atoms with Gasteiger partial charge in [0.05, 0.1) is 6.04 Å². The number of carbonyl (C=O) groups is 6. The van der Waals surface area contributed by atoms with Crippen molar-refractivity contribution < 1.29 is 39.0 Å². The Morgan fingerprint density at radius 2 is 1.05 bits per heavy atom. The second-order valence-electron chi connectivity index (χ2n) is 8.96. The van der Waals surface area contributed by atoms with Crippen LogP contribution in [0, 0.1) is 0 Å². The summed E-state index contributed by atoms with van der Waals surface area (Å²) in [6, 6.07) is -5.32. The normalized spacial score (nSPS) is 13.4. The number of hydrogen-bond donors (Lipinski definition) is 11. The number of primary amides is 1. The van der Waals surface area contributed by atoms with Gasteiger partial charge in [-0.15, -0.1) is 0 Å². The lowest BCUT2D eigenvalue weighted by molar-refractivity contribution is -0.142. The minimum atomic E-state index is -1.49. The van der Waals surface area contributed by atoms with E-state index in [1.54, 1.807) is 0 Å². The minimum absolute atomic E-state index is 0.0690. The smallest absolute Gasteiger partial charge is 0.326 e. The third-order valence-electron chi connectivity index (χ3n) is 5.46. The molecule has 232 valence electrons. The Bertz CT molecular complexity index is 981. The van der Waals surface area contributed by atoms with Crippen molar-refractivity contribution >= 4 is 47.5 Å². The Labute approximate surface area is 235 Å². The number of rotatable bonds is 21. The second kappa shape index (κ2) is 19.4. The predicted molar refractivity (Wildman–Crippen MR) is 147 cm³/mol. The summed E-state index contributed by atoms with van der Waals surface area (Å²) in [4.78, 5) is 80.0. The number of guanidine groups is 2. The standard InChI is InChI=1S/C22H41N11O8/c23-11(3-1-9-29-21(25)26)17(37)31-13(6-8-16(35)36)19(39)32-12(4-2-10-30-22(27)28)18(38)33-14(20(40)41)5-7-15(24)34/h11-14H,1-10,23H2,(H2,24,34)(H,31,37)(H,32,39)(H,33,38)(H,35,36)(H,40,41)(H4,25,26,29)(H4,27,28,30). The lowest BCUT2D eigenvalue weighted by Gasteiger charge is -2.25. The first-order valence-corrected chi connectivity index (χ1v) is 12.6. The zero-order valence-corrected chi connectivity index (χ0v) is 22.6. The average molecular weight is 588 g/mol. The van der Waals surface area contributed by atoms with E-state index in [0.29, 0.717) is 6.42 Å². The van der Waals surface area contributed by atoms with Gasteiger partial charge >= 0.3 is 11.9 Å². The molecule has 0 heterocycles. The Kier molecular flexibility index (Phi) is 17.2. The average Bonchev–Trinajstić information content (AvgIpc) is 2.87. The number of nitrogens with one attached hydrogen (secondary N) is 3. The molecule has 41 heavy (non-hydrogen) atoms. The molecule has 0 aromatic carbocycles. The number of amides is 4. The fourth-order valence-corrected chi connectivity index (χ4v) is 3.33. The van der Waals surface area contributed by atoms with Gasteiger partial charge in [-0.2, -0.15) is 0 Å². The van der Waals surface area contributed by atoms with Crippen molar-refractivity contribution in [1.82, 2.24) is 16.0 Å². The predicted octanol–water partition coefficient (Wildman–Crippen LogP) is -4.91. The first kappa shape index (κ1) is 36.3. The van der Waals surface area contributed by atoms with Crippen LogP contribution in [0.25, 0.3) is 0 Å². The maximum absolute atomic E-state index is 13.1. The first-order valence-electron chi connectivity index (χ1n) is 12.6. The van der Waals surface area contributed by atoms with E-state index in [1.165, 1.54) is 0 Å². The van der Waals surface area contributed by atoms with E-state index >= 15 is 0 Å². The van der Waals surface area contributed by atoms with Gasteiger partial charge in [0.25, 0.3) is 0 Å². The zero-order chi connectivity index (χ0) is 31.5. The molecule has 0 bridgehead atoms. The molecule has 0 saturated heterocycles. The van der Waals surface area contributed by atoms with E-state index in [4.69, 9.17) is 39.5 Å². The van der Waals surface area contributed by atoms with Crippen LogP contribution in [0.15, 0.2) is 9.98 Å². The maximum atomic E-state index is 13.1. The molecule has 4 atom stereocenters. The van der Waals surface area contributed by atoms with Crippen molar-refractivity contribution in [3.05, 3.63) is 0 Å². The number of nitrogens with two attached hydrogens (primary N) is 6. The topological polar surface area (TPSA) is 360 Å². The fraction of sp³-hybridized carbons (Fsp3) is 0.636. The molecule has 0 aromatic heterocycles. The second-order valence-corrected chi connectivity index (χ2v) is 8.96. The molecule has 17 N–H and O–H groups in total. The van der Waals surface area contributed by atoms with Gasteiger partial charge < -0.3 is 60.6 Å². The number of aliphatic imine (C=N–C) groups is 2. The molecular formula is C22H41N11O8. The highest BCUT2D eigenvalue weighted by Gasteiger charge is 2.30. The lowest BCUT2D eigenvalue weighted by Crippen LogP contribution is -2.57. The van der Waals surface area contributed by atoms with Crippen LogP contribution < -0.4 is 50.4 Å². The van der Waals surface area contributed by atoms with Crippen LogP contribution in [-0.4, -0.2) is 95.0 Å². The van der Waals surface area contributed by atoms with E-state index in [1.807, 2.05) is 0 Å². The van der Waals surface area contributed by atoms with Crippen molar-refractivity contribution in [3.63, 3.8) is 0 Å². The van der Waals surface area contributed by atoms with Crippen LogP contribution in [0.2, 0.25) is 0 Å². The highest BCUT2D eigenvalue weighted by atomic mass is 16.4. The molecular weight excluding hydrogens is 546 g/mol. The molecule has 0 fully saturated rings. The largest absolute Gasteiger partial charge is 0.481 e. The Balaban J connectivity index is 5.68. The van der Waals surface area contributed by atoms with Crippen LogP contribution in [0.3, 0.4) is 0 Å². The van der Waals surface area contributed by atoms with E-state index in [-0.39, 0.29) is 63.5 Å². The van der Waals surface area contributed by atoms with Crippen molar-refractivity contribution in [1.29, 1.82) is 0 Å². The van der Waals surface area contributed by atoms with Gasteiger partial charge in [-0.3, -0.25) is 34.0 Å². The van der Waals surface area contributed by atoms with Crippen molar-refractivity contribution in [2.24, 2.45) is 44.4 Å². The van der Waals surface area contributed by atoms with Crippen LogP contribution in [0.4, 0.5) is 0 Å². The summed E-state index contributed by atoms with van der Waals surface area (Å²) in [5.74, 6) is -6.40. The van der Waals surface area contributed by atoms with Crippen LogP contribution in [-0.2, 0) is 28.8 Å². The first-order chi connectivity index (χ1) is 19.1. The zero-order valence-electron chi connectivity index (χ0n) is 22.6. The monoisotopic (exact) mass is 587 g/mol. The Morgan fingerprint density at radius 3 is 1.51 bits per heavy atom. The van der Waals surface area contributed by atoms with Gasteiger partial charge in [-0.25, -0.2) is 4.79 Å². The Morgan fingerprint density at radius 1 is 0.610 bits per heavy atom. The molecule has 0 aliphatic rings. The highest BCUT2D eigenvalue weighted by Crippen LogP contribution is 2.06. The maximum Gasteiger partial charge on any atom is 0.326 e. The van der Waals surface area contributed by atoms with Gasteiger partial charge in [0, 0.05) is 25.9 Å². The van der Waals surface area contributed by atoms with Gasteiger partial charge in [-0.1, -0.05) is 0 Å². The molecule has 0 saturated carbocycles. The number of hydrogen-bond acceptors (Lipinski definition) is 9. The van der Waals surface area contributed by atoms with Gasteiger partial charge in [0.15, 0.2) is 11.9 Å². The van der Waals surface area contributed by atoms with Gasteiger partial charge in [-0.05, 0) is 38.5 Å². The number of nitrogens with zero attached hydrogens (tertiary/aromatic N) is 2. The lowest BCUT2D eigenvalue weighted by atomic mass is 10.1. The Hall–Kier alpha value is -4.68. The molecule has 0 aliphatic heterocycles. The van der Waals surface area contributed by atoms with Gasteiger partial charge in [0.2, 0.25) is 23.6 Å². The van der Waals surface area contributed by atoms with E-state index in [9.17, 15) is 33.9 Å². The SMILES string of the molecule is NC(=O)CCC(NC(=O)C(CCCN=C(N)N)NC(=O)C(CCC(=O)O)NC(=O)C(N)CCCN=C(N)N)C(=O)O. The summed E-state index contributed by atoms with van der Waals surface area (Å²) in [6.45, 7) is 0.277. The molecule has 4 amide bonds. The molecule has 4 unspecified atom stereocenters. The molecule has 19 heteroatoms. The van der Waals surface area contributed by atoms with Gasteiger partial charge in [0.1, 0.15) is 18.1 Å². The van der Waals surface area contributed by atoms with Crippen molar-refractivity contribution in [2.45, 2.75) is 75.5 Å². The number of carboxylic acids is 2. The van der Waals surface area contributed by atoms with Crippen LogP contribution in [0.5, 0.6) is 0 Å². The van der Waals surface area contributed by atoms with Crippen molar-refractivity contribution in [3.8, 4) is 0 Å². The summed E-state index contributed by atoms with van der Waals surface area (Å²) in [7, 11) is 0. The molecule has 0 aromatic rings. The molecule has 0 rings (SSSR count). The molecule has 0 spiro atoms. The molecule has 0 aliphatic carbocycles. The van der Waals surface area contributed by atoms with E-state index in [0.717, 1.165) is 0 Å². The summed E-state index contributed by atoms with van der Waals surface area (Å²) >= 11 is 0. The van der Waals surface area contributed by atoms with Crippen molar-refractivity contribution in [2.75, 3.05) is 13.1 Å². The fourth-order valence-electron chi connectivity index (χ4n) is 3.33. The van der Waals surface area contributed by atoms with Crippen LogP contribution in [0.1, 0.15) is 51.4 Å². The summed E-state index contributed by atoms with van der Waals surface area (Å²) < 4.78 is 0. The number of carboxylic acid groups (broad SMARTS) is 2. The number of carbonyl (C=O) groups excluding carboxylic acids is 4. The highest BCUT2D eigenvalue weighted by molar-refractivity contribution is 5.94. The van der Waals surface area contributed by atoms with Crippen LogP contribution >= 0.6 is 0 Å². The number of aliphatic carboxylic acids is 2. The van der Waals surface area contributed by atoms with E-state index < -0.39 is 66.2 Å². The quantitative estimate of drug-likeness (QED) is 0.0341. The van der Waals surface area contributed by atoms with E-state index in [2.05, 4.69) is 25.9 Å². The molecule has 19 nitrogen and oxygen atoms in total. The summed E-state index contributed by atoms with van der Waals surface area (Å²) in [5, 5.41) is 25.5. The third-order valence-corrected chi connectivity index (χ3v) is 5.46. The summed E-state index contributed by atoms with van der Waals surface area (Å²) in [5.41, 5.74) is 32.0. The molecule has 0 radical (unpaired) electrons. The third kappa shape index (κ3) is 17.5. The summed E-state index contributed by atoms with van der Waals surface area (Å²) in [6.07, 6.45) is -0.884. The minimum Gasteiger partial charge on any atom is -0.481 e.